The molecule has 2 nitrogen and oxygen atoms in total. The number of allylic oxidation sites excluding steroid dienone is 1. The van der Waals surface area contributed by atoms with Crippen molar-refractivity contribution in [1.82, 2.24) is 4.57 Å². The van der Waals surface area contributed by atoms with Gasteiger partial charge in [-0.05, 0) is 35.9 Å². The average molecular weight is 366 g/mol. The highest BCUT2D eigenvalue weighted by molar-refractivity contribution is 6.35. The third kappa shape index (κ3) is 2.84. The molecule has 3 aromatic carbocycles. The Balaban J connectivity index is 1.83. The lowest BCUT2D eigenvalue weighted by molar-refractivity contribution is 0.0979. The number of carbonyl (C=O) groups excluding carboxylic acids is 1. The second-order valence-corrected chi connectivity index (χ2v) is 6.55. The predicted octanol–water partition coefficient (Wildman–Crippen LogP) is 6.45. The molecule has 122 valence electrons. The Labute approximate surface area is 154 Å². The molecule has 0 amide bonds. The molecule has 4 aromatic rings. The molecule has 25 heavy (non-hydrogen) atoms. The summed E-state index contributed by atoms with van der Waals surface area (Å²) < 4.78 is 1.73. The molecule has 0 saturated carbocycles. The maximum absolute atomic E-state index is 12.9. The molecule has 0 saturated heterocycles. The van der Waals surface area contributed by atoms with Crippen LogP contribution in [0, 0.1) is 0 Å². The van der Waals surface area contributed by atoms with E-state index in [0.29, 0.717) is 10.0 Å². The summed E-state index contributed by atoms with van der Waals surface area (Å²) in [4.78, 5) is 12.9. The SMILES string of the molecule is O=C(/C=C/c1ccc(Cl)cc1Cl)n1c2ccccc2c2ccccc21. The number of para-hydroxylation sites is 2. The normalized spacial score (nSPS) is 11.6. The monoisotopic (exact) mass is 365 g/mol. The molecule has 4 rings (SSSR count). The molecule has 0 bridgehead atoms. The molecule has 0 fully saturated rings. The zero-order valence-electron chi connectivity index (χ0n) is 13.1. The predicted molar refractivity (Wildman–Crippen MR) is 106 cm³/mol. The first kappa shape index (κ1) is 15.9. The molecule has 0 aliphatic rings. The van der Waals surface area contributed by atoms with Gasteiger partial charge in [0.05, 0.1) is 11.0 Å². The summed E-state index contributed by atoms with van der Waals surface area (Å²) in [7, 11) is 0. The number of carbonyl (C=O) groups is 1. The second kappa shape index (κ2) is 6.40. The Morgan fingerprint density at radius 2 is 1.44 bits per heavy atom. The molecule has 4 heteroatoms. The Bertz CT molecular complexity index is 1090. The molecule has 0 N–H and O–H groups in total. The summed E-state index contributed by atoms with van der Waals surface area (Å²) in [6.45, 7) is 0. The zero-order chi connectivity index (χ0) is 17.4. The Morgan fingerprint density at radius 3 is 2.04 bits per heavy atom. The van der Waals surface area contributed by atoms with Crippen LogP contribution in [-0.4, -0.2) is 10.5 Å². The van der Waals surface area contributed by atoms with E-state index in [0.717, 1.165) is 27.4 Å². The van der Waals surface area contributed by atoms with E-state index in [-0.39, 0.29) is 5.91 Å². The first-order valence-corrected chi connectivity index (χ1v) is 8.56. The Hall–Kier alpha value is -2.55. The van der Waals surface area contributed by atoms with E-state index < -0.39 is 0 Å². The van der Waals surface area contributed by atoms with E-state index in [1.165, 1.54) is 6.08 Å². The number of aromatic nitrogens is 1. The number of fused-ring (bicyclic) bond motifs is 3. The van der Waals surface area contributed by atoms with Crippen molar-refractivity contribution in [1.29, 1.82) is 0 Å². The summed E-state index contributed by atoms with van der Waals surface area (Å²) in [5.74, 6) is -0.122. The van der Waals surface area contributed by atoms with Crippen LogP contribution in [-0.2, 0) is 0 Å². The smallest absolute Gasteiger partial charge is 0.255 e. The van der Waals surface area contributed by atoms with Crippen molar-refractivity contribution >= 4 is 57.0 Å². The number of benzene rings is 3. The van der Waals surface area contributed by atoms with Crippen LogP contribution in [0.25, 0.3) is 27.9 Å². The lowest BCUT2D eigenvalue weighted by Crippen LogP contribution is -2.06. The second-order valence-electron chi connectivity index (χ2n) is 5.71. The van der Waals surface area contributed by atoms with Gasteiger partial charge in [-0.3, -0.25) is 9.36 Å². The maximum Gasteiger partial charge on any atom is 0.255 e. The van der Waals surface area contributed by atoms with Gasteiger partial charge in [-0.1, -0.05) is 65.7 Å². The summed E-state index contributed by atoms with van der Waals surface area (Å²) in [6.07, 6.45) is 3.25. The lowest BCUT2D eigenvalue weighted by Gasteiger charge is -2.03. The van der Waals surface area contributed by atoms with Gasteiger partial charge < -0.3 is 0 Å². The van der Waals surface area contributed by atoms with Gasteiger partial charge in [-0.15, -0.1) is 0 Å². The van der Waals surface area contributed by atoms with Crippen molar-refractivity contribution in [3.63, 3.8) is 0 Å². The number of rotatable bonds is 2. The molecule has 0 atom stereocenters. The molecule has 0 unspecified atom stereocenters. The number of hydrogen-bond donors (Lipinski definition) is 0. The van der Waals surface area contributed by atoms with Crippen LogP contribution in [0.5, 0.6) is 0 Å². The van der Waals surface area contributed by atoms with Gasteiger partial charge in [-0.2, -0.15) is 0 Å². The molecule has 0 spiro atoms. The van der Waals surface area contributed by atoms with Gasteiger partial charge in [0.2, 0.25) is 0 Å². The minimum atomic E-state index is -0.122. The summed E-state index contributed by atoms with van der Waals surface area (Å²) >= 11 is 12.1. The van der Waals surface area contributed by atoms with Gasteiger partial charge in [0.25, 0.3) is 5.91 Å². The van der Waals surface area contributed by atoms with Crippen LogP contribution < -0.4 is 0 Å². The van der Waals surface area contributed by atoms with Gasteiger partial charge in [0.1, 0.15) is 0 Å². The molecule has 1 heterocycles. The minimum absolute atomic E-state index is 0.122. The van der Waals surface area contributed by atoms with E-state index in [1.807, 2.05) is 48.5 Å². The zero-order valence-corrected chi connectivity index (χ0v) is 14.6. The van der Waals surface area contributed by atoms with E-state index in [4.69, 9.17) is 23.2 Å². The average Bonchev–Trinajstić information content (AvgIpc) is 2.95. The molecule has 0 aliphatic carbocycles. The fourth-order valence-corrected chi connectivity index (χ4v) is 3.50. The van der Waals surface area contributed by atoms with Crippen molar-refractivity contribution in [2.24, 2.45) is 0 Å². The van der Waals surface area contributed by atoms with Crippen LogP contribution in [0.2, 0.25) is 10.0 Å². The van der Waals surface area contributed by atoms with Gasteiger partial charge in [-0.25, -0.2) is 0 Å². The Morgan fingerprint density at radius 1 is 0.840 bits per heavy atom. The highest BCUT2D eigenvalue weighted by atomic mass is 35.5. The van der Waals surface area contributed by atoms with Crippen LogP contribution in [0.4, 0.5) is 0 Å². The number of halogens is 2. The number of hydrogen-bond acceptors (Lipinski definition) is 1. The van der Waals surface area contributed by atoms with Gasteiger partial charge >= 0.3 is 0 Å². The largest absolute Gasteiger partial charge is 0.276 e. The first-order valence-electron chi connectivity index (χ1n) is 7.81. The molecular weight excluding hydrogens is 353 g/mol. The summed E-state index contributed by atoms with van der Waals surface area (Å²) in [6, 6.07) is 21.0. The van der Waals surface area contributed by atoms with Crippen LogP contribution in [0.3, 0.4) is 0 Å². The highest BCUT2D eigenvalue weighted by Gasteiger charge is 2.13. The van der Waals surface area contributed by atoms with Crippen LogP contribution >= 0.6 is 23.2 Å². The standard InChI is InChI=1S/C21H13Cl2NO/c22-15-11-9-14(18(23)13-15)10-12-21(25)24-19-7-3-1-5-16(19)17-6-2-4-8-20(17)24/h1-13H/b12-10+. The van der Waals surface area contributed by atoms with Crippen molar-refractivity contribution < 1.29 is 4.79 Å². The highest BCUT2D eigenvalue weighted by Crippen LogP contribution is 2.29. The van der Waals surface area contributed by atoms with Crippen molar-refractivity contribution in [3.8, 4) is 0 Å². The summed E-state index contributed by atoms with van der Waals surface area (Å²) in [5, 5.41) is 3.20. The van der Waals surface area contributed by atoms with Crippen LogP contribution in [0.15, 0.2) is 72.8 Å². The van der Waals surface area contributed by atoms with Crippen molar-refractivity contribution in [2.75, 3.05) is 0 Å². The fourth-order valence-electron chi connectivity index (χ4n) is 3.03. The fraction of sp³-hybridized carbons (Fsp3) is 0. The van der Waals surface area contributed by atoms with E-state index >= 15 is 0 Å². The molecule has 1 aromatic heterocycles. The van der Waals surface area contributed by atoms with E-state index in [9.17, 15) is 4.79 Å². The molecule has 0 radical (unpaired) electrons. The van der Waals surface area contributed by atoms with Gasteiger partial charge in [0, 0.05) is 26.9 Å². The van der Waals surface area contributed by atoms with Crippen molar-refractivity contribution in [3.05, 3.63) is 88.4 Å². The number of nitrogens with zero attached hydrogens (tertiary/aromatic N) is 1. The third-order valence-electron chi connectivity index (χ3n) is 4.17. The topological polar surface area (TPSA) is 22.0 Å². The maximum atomic E-state index is 12.9. The lowest BCUT2D eigenvalue weighted by atomic mass is 10.2. The Kier molecular flexibility index (Phi) is 4.08. The first-order chi connectivity index (χ1) is 12.1. The van der Waals surface area contributed by atoms with Crippen molar-refractivity contribution in [2.45, 2.75) is 0 Å². The van der Waals surface area contributed by atoms with Gasteiger partial charge in [0.15, 0.2) is 0 Å². The minimum Gasteiger partial charge on any atom is -0.276 e. The third-order valence-corrected chi connectivity index (χ3v) is 4.73. The van der Waals surface area contributed by atoms with E-state index in [2.05, 4.69) is 0 Å². The quantitative estimate of drug-likeness (QED) is 0.374. The molecular formula is C21H13Cl2NO. The van der Waals surface area contributed by atoms with Crippen LogP contribution in [0.1, 0.15) is 10.4 Å². The molecule has 0 aliphatic heterocycles. The summed E-state index contributed by atoms with van der Waals surface area (Å²) in [5.41, 5.74) is 2.53. The van der Waals surface area contributed by atoms with E-state index in [1.54, 1.807) is 28.8 Å².